The Kier molecular flexibility index (Phi) is 3.64. The van der Waals surface area contributed by atoms with Crippen LogP contribution in [-0.4, -0.2) is 10.5 Å². The quantitative estimate of drug-likeness (QED) is 0.571. The number of fused-ring (bicyclic) bond motifs is 1. The molecule has 0 bridgehead atoms. The van der Waals surface area contributed by atoms with Crippen LogP contribution in [0.25, 0.3) is 10.9 Å². The molecule has 0 amide bonds. The van der Waals surface area contributed by atoms with E-state index in [0.29, 0.717) is 10.6 Å². The first-order valence-electron chi connectivity index (χ1n) is 6.57. The van der Waals surface area contributed by atoms with E-state index in [0.717, 1.165) is 26.6 Å². The van der Waals surface area contributed by atoms with E-state index < -0.39 is 0 Å². The zero-order valence-electron chi connectivity index (χ0n) is 11.7. The van der Waals surface area contributed by atoms with Gasteiger partial charge in [-0.15, -0.1) is 0 Å². The van der Waals surface area contributed by atoms with Gasteiger partial charge in [-0.2, -0.15) is 0 Å². The molecule has 0 atom stereocenters. The van der Waals surface area contributed by atoms with Gasteiger partial charge in [0.2, 0.25) is 0 Å². The molecule has 3 aromatic rings. The van der Waals surface area contributed by atoms with Gasteiger partial charge in [-0.3, -0.25) is 9.36 Å². The maximum absolute atomic E-state index is 13.0. The Bertz CT molecular complexity index is 846. The molecule has 1 heterocycles. The molecule has 0 aliphatic carbocycles. The van der Waals surface area contributed by atoms with Gasteiger partial charge in [0, 0.05) is 15.6 Å². The number of aryl methyl sites for hydroxylation is 1. The second-order valence-electron chi connectivity index (χ2n) is 4.99. The molecule has 3 rings (SSSR count). The summed E-state index contributed by atoms with van der Waals surface area (Å²) in [6.45, 7) is 3.82. The third-order valence-electron chi connectivity index (χ3n) is 3.67. The van der Waals surface area contributed by atoms with Crippen molar-refractivity contribution in [1.82, 2.24) is 4.57 Å². The molecule has 0 radical (unpaired) electrons. The van der Waals surface area contributed by atoms with Crippen LogP contribution < -0.4 is 0 Å². The zero-order valence-corrected chi connectivity index (χ0v) is 14.0. The maximum atomic E-state index is 13.0. The smallest absolute Gasteiger partial charge is 0.264 e. The number of benzene rings is 2. The lowest BCUT2D eigenvalue weighted by atomic mass is 10.1. The van der Waals surface area contributed by atoms with Crippen molar-refractivity contribution in [2.75, 3.05) is 0 Å². The molecule has 4 heteroatoms. The maximum Gasteiger partial charge on any atom is 0.264 e. The van der Waals surface area contributed by atoms with Crippen LogP contribution in [0.2, 0.25) is 5.02 Å². The van der Waals surface area contributed by atoms with Crippen molar-refractivity contribution in [2.24, 2.45) is 0 Å². The third-order valence-corrected chi connectivity index (χ3v) is 4.99. The number of hydrogen-bond acceptors (Lipinski definition) is 1. The molecule has 21 heavy (non-hydrogen) atoms. The highest BCUT2D eigenvalue weighted by molar-refractivity contribution is 9.10. The van der Waals surface area contributed by atoms with Crippen LogP contribution in [0.5, 0.6) is 0 Å². The minimum Gasteiger partial charge on any atom is -0.279 e. The SMILES string of the molecule is Cc1cccc(Cl)c1C(=O)n1c(C)c(Br)c2ccccc21. The molecule has 0 spiro atoms. The van der Waals surface area contributed by atoms with Crippen LogP contribution in [-0.2, 0) is 0 Å². The lowest BCUT2D eigenvalue weighted by molar-refractivity contribution is 0.0962. The summed E-state index contributed by atoms with van der Waals surface area (Å²) >= 11 is 9.81. The normalized spacial score (nSPS) is 11.0. The van der Waals surface area contributed by atoms with E-state index in [2.05, 4.69) is 15.9 Å². The summed E-state index contributed by atoms with van der Waals surface area (Å²) in [5.74, 6) is -0.0995. The number of rotatable bonds is 1. The number of carbonyl (C=O) groups is 1. The molecular formula is C17H13BrClNO. The summed E-state index contributed by atoms with van der Waals surface area (Å²) in [5, 5.41) is 1.50. The zero-order chi connectivity index (χ0) is 15.1. The Morgan fingerprint density at radius 1 is 1.10 bits per heavy atom. The van der Waals surface area contributed by atoms with Gasteiger partial charge in [0.1, 0.15) is 0 Å². The molecule has 0 aliphatic heterocycles. The Morgan fingerprint density at radius 2 is 1.81 bits per heavy atom. The average Bonchev–Trinajstić information content (AvgIpc) is 2.71. The predicted molar refractivity (Wildman–Crippen MR) is 90.3 cm³/mol. The van der Waals surface area contributed by atoms with E-state index in [1.807, 2.05) is 50.2 Å². The van der Waals surface area contributed by atoms with E-state index in [9.17, 15) is 4.79 Å². The summed E-state index contributed by atoms with van der Waals surface area (Å²) in [6.07, 6.45) is 0. The Morgan fingerprint density at radius 3 is 2.52 bits per heavy atom. The van der Waals surface area contributed by atoms with E-state index in [1.54, 1.807) is 10.6 Å². The summed E-state index contributed by atoms with van der Waals surface area (Å²) in [7, 11) is 0. The van der Waals surface area contributed by atoms with Gasteiger partial charge in [-0.1, -0.05) is 41.9 Å². The Balaban J connectivity index is 2.31. The molecule has 106 valence electrons. The first-order chi connectivity index (χ1) is 10.0. The average molecular weight is 363 g/mol. The molecule has 2 nitrogen and oxygen atoms in total. The van der Waals surface area contributed by atoms with Crippen LogP contribution in [0.3, 0.4) is 0 Å². The van der Waals surface area contributed by atoms with Crippen molar-refractivity contribution in [3.05, 3.63) is 68.8 Å². The van der Waals surface area contributed by atoms with Gasteiger partial charge in [0.05, 0.1) is 16.1 Å². The van der Waals surface area contributed by atoms with E-state index >= 15 is 0 Å². The minimum atomic E-state index is -0.0995. The number of halogens is 2. The molecule has 0 N–H and O–H groups in total. The molecule has 1 aromatic heterocycles. The number of aromatic nitrogens is 1. The van der Waals surface area contributed by atoms with Crippen molar-refractivity contribution < 1.29 is 4.79 Å². The minimum absolute atomic E-state index is 0.0995. The highest BCUT2D eigenvalue weighted by atomic mass is 79.9. The largest absolute Gasteiger partial charge is 0.279 e. The topological polar surface area (TPSA) is 22.0 Å². The number of hydrogen-bond donors (Lipinski definition) is 0. The fourth-order valence-electron chi connectivity index (χ4n) is 2.60. The van der Waals surface area contributed by atoms with Gasteiger partial charge in [-0.05, 0) is 47.5 Å². The standard InChI is InChI=1S/C17H13BrClNO/c1-10-6-5-8-13(19)15(10)17(21)20-11(2)16(18)12-7-3-4-9-14(12)20/h3-9H,1-2H3. The van der Waals surface area contributed by atoms with Crippen LogP contribution in [0, 0.1) is 13.8 Å². The molecule has 0 saturated carbocycles. The van der Waals surface area contributed by atoms with E-state index in [1.165, 1.54) is 0 Å². The molecule has 0 unspecified atom stereocenters. The summed E-state index contributed by atoms with van der Waals surface area (Å²) in [6, 6.07) is 13.3. The van der Waals surface area contributed by atoms with Crippen LogP contribution in [0.1, 0.15) is 21.6 Å². The van der Waals surface area contributed by atoms with Crippen molar-refractivity contribution in [2.45, 2.75) is 13.8 Å². The monoisotopic (exact) mass is 361 g/mol. The number of nitrogens with zero attached hydrogens (tertiary/aromatic N) is 1. The molecule has 0 fully saturated rings. The number of carbonyl (C=O) groups excluding carboxylic acids is 1. The second kappa shape index (κ2) is 5.32. The Hall–Kier alpha value is -1.58. The van der Waals surface area contributed by atoms with Gasteiger partial charge in [-0.25, -0.2) is 0 Å². The number of para-hydroxylation sites is 1. The van der Waals surface area contributed by atoms with Crippen molar-refractivity contribution >= 4 is 44.3 Å². The third kappa shape index (κ3) is 2.21. The van der Waals surface area contributed by atoms with Gasteiger partial charge >= 0.3 is 0 Å². The van der Waals surface area contributed by atoms with Crippen molar-refractivity contribution in [3.8, 4) is 0 Å². The molecule has 2 aromatic carbocycles. The highest BCUT2D eigenvalue weighted by Crippen LogP contribution is 2.32. The summed E-state index contributed by atoms with van der Waals surface area (Å²) in [4.78, 5) is 13.0. The lowest BCUT2D eigenvalue weighted by Crippen LogP contribution is -2.15. The van der Waals surface area contributed by atoms with E-state index in [-0.39, 0.29) is 5.91 Å². The molecular weight excluding hydrogens is 350 g/mol. The van der Waals surface area contributed by atoms with Crippen molar-refractivity contribution in [3.63, 3.8) is 0 Å². The fraction of sp³-hybridized carbons (Fsp3) is 0.118. The first-order valence-corrected chi connectivity index (χ1v) is 7.75. The van der Waals surface area contributed by atoms with E-state index in [4.69, 9.17) is 11.6 Å². The van der Waals surface area contributed by atoms with Gasteiger partial charge in [0.15, 0.2) is 0 Å². The highest BCUT2D eigenvalue weighted by Gasteiger charge is 2.21. The second-order valence-corrected chi connectivity index (χ2v) is 6.19. The Labute approximate surface area is 136 Å². The molecule has 0 saturated heterocycles. The van der Waals surface area contributed by atoms with Crippen LogP contribution in [0.4, 0.5) is 0 Å². The molecule has 0 aliphatic rings. The van der Waals surface area contributed by atoms with Crippen LogP contribution in [0.15, 0.2) is 46.9 Å². The first kappa shape index (κ1) is 14.4. The predicted octanol–water partition coefficient (Wildman–Crippen LogP) is 5.36. The van der Waals surface area contributed by atoms with Gasteiger partial charge in [0.25, 0.3) is 5.91 Å². The van der Waals surface area contributed by atoms with Crippen molar-refractivity contribution in [1.29, 1.82) is 0 Å². The summed E-state index contributed by atoms with van der Waals surface area (Å²) < 4.78 is 2.66. The van der Waals surface area contributed by atoms with Gasteiger partial charge < -0.3 is 0 Å². The fourth-order valence-corrected chi connectivity index (χ4v) is 3.42. The summed E-state index contributed by atoms with van der Waals surface area (Å²) in [5.41, 5.74) is 3.18. The van der Waals surface area contributed by atoms with Crippen LogP contribution >= 0.6 is 27.5 Å². The lowest BCUT2D eigenvalue weighted by Gasteiger charge is -2.11.